The number of benzene rings is 1. The predicted octanol–water partition coefficient (Wildman–Crippen LogP) is 0.720. The molecule has 2 rings (SSSR count). The summed E-state index contributed by atoms with van der Waals surface area (Å²) in [5.41, 5.74) is 0.440. The molecule has 1 aromatic carbocycles. The third kappa shape index (κ3) is 3.08. The molecule has 0 radical (unpaired) electrons. The Labute approximate surface area is 106 Å². The molecule has 0 heterocycles. The maximum Gasteiger partial charge on any atom is 0.251 e. The molecule has 3 N–H and O–H groups in total. The summed E-state index contributed by atoms with van der Waals surface area (Å²) in [5.74, 6) is 1.09. The Balaban J connectivity index is 1.98. The first-order chi connectivity index (χ1) is 8.38. The van der Waals surface area contributed by atoms with Gasteiger partial charge in [-0.2, -0.15) is 0 Å². The quantitative estimate of drug-likeness (QED) is 0.843. The van der Waals surface area contributed by atoms with Gasteiger partial charge in [-0.3, -0.25) is 4.79 Å². The van der Waals surface area contributed by atoms with Crippen molar-refractivity contribution in [3.63, 3.8) is 0 Å². The van der Waals surface area contributed by atoms with E-state index in [9.17, 15) is 13.2 Å². The molecule has 1 amide bonds. The Morgan fingerprint density at radius 2 is 1.94 bits per heavy atom. The molecule has 1 fully saturated rings. The minimum absolute atomic E-state index is 0.00913. The Bertz CT molecular complexity index is 551. The Morgan fingerprint density at radius 3 is 2.39 bits per heavy atom. The molecule has 0 aliphatic heterocycles. The smallest absolute Gasteiger partial charge is 0.251 e. The molecule has 5 nitrogen and oxygen atoms in total. The number of nitrogens with one attached hydrogen (secondary N) is 1. The Hall–Kier alpha value is -1.40. The van der Waals surface area contributed by atoms with E-state index in [1.54, 1.807) is 0 Å². The van der Waals surface area contributed by atoms with Crippen LogP contribution in [0.2, 0.25) is 0 Å². The second-order valence-corrected chi connectivity index (χ2v) is 6.31. The summed E-state index contributed by atoms with van der Waals surface area (Å²) in [6, 6.07) is 5.60. The lowest BCUT2D eigenvalue weighted by Gasteiger charge is -2.05. The van der Waals surface area contributed by atoms with Crippen molar-refractivity contribution in [3.05, 3.63) is 29.8 Å². The topological polar surface area (TPSA) is 89.3 Å². The summed E-state index contributed by atoms with van der Waals surface area (Å²) in [5, 5.41) is 7.81. The van der Waals surface area contributed by atoms with Gasteiger partial charge in [0.25, 0.3) is 5.91 Å². The van der Waals surface area contributed by atoms with E-state index in [0.29, 0.717) is 23.9 Å². The number of nitrogens with two attached hydrogens (primary N) is 1. The lowest BCUT2D eigenvalue weighted by Crippen LogP contribution is -2.26. The highest BCUT2D eigenvalue weighted by atomic mass is 32.2. The minimum atomic E-state index is -3.70. The number of hydrogen-bond donors (Lipinski definition) is 2. The first kappa shape index (κ1) is 13.0. The normalized spacial score (nSPS) is 22.6. The SMILES string of the molecule is CC1CC1CNC(=O)c1ccc(S(N)(=O)=O)cc1. The third-order valence-electron chi connectivity index (χ3n) is 3.25. The van der Waals surface area contributed by atoms with Crippen LogP contribution in [0.3, 0.4) is 0 Å². The highest BCUT2D eigenvalue weighted by Gasteiger charge is 2.32. The van der Waals surface area contributed by atoms with Gasteiger partial charge in [-0.1, -0.05) is 6.92 Å². The third-order valence-corrected chi connectivity index (χ3v) is 4.18. The molecule has 2 unspecified atom stereocenters. The molecule has 2 atom stereocenters. The highest BCUT2D eigenvalue weighted by molar-refractivity contribution is 7.89. The molecule has 0 aromatic heterocycles. The summed E-state index contributed by atoms with van der Waals surface area (Å²) in [4.78, 5) is 11.8. The fraction of sp³-hybridized carbons (Fsp3) is 0.417. The van der Waals surface area contributed by atoms with Crippen molar-refractivity contribution in [2.24, 2.45) is 17.0 Å². The molecular weight excluding hydrogens is 252 g/mol. The van der Waals surface area contributed by atoms with Crippen molar-refractivity contribution in [2.75, 3.05) is 6.54 Å². The lowest BCUT2D eigenvalue weighted by atomic mass is 10.2. The number of rotatable bonds is 4. The number of amides is 1. The monoisotopic (exact) mass is 268 g/mol. The fourth-order valence-corrected chi connectivity index (χ4v) is 2.32. The van der Waals surface area contributed by atoms with Crippen molar-refractivity contribution in [1.82, 2.24) is 5.32 Å². The van der Waals surface area contributed by atoms with Gasteiger partial charge in [-0.05, 0) is 42.5 Å². The number of primary sulfonamides is 1. The second kappa shape index (κ2) is 4.70. The van der Waals surface area contributed by atoms with Gasteiger partial charge in [0.05, 0.1) is 4.90 Å². The van der Waals surface area contributed by atoms with Crippen LogP contribution in [0.1, 0.15) is 23.7 Å². The number of carbonyl (C=O) groups excluding carboxylic acids is 1. The molecule has 0 bridgehead atoms. The maximum absolute atomic E-state index is 11.8. The molecule has 1 aliphatic carbocycles. The number of hydrogen-bond acceptors (Lipinski definition) is 3. The second-order valence-electron chi connectivity index (χ2n) is 4.75. The van der Waals surface area contributed by atoms with Gasteiger partial charge in [0.1, 0.15) is 0 Å². The van der Waals surface area contributed by atoms with Gasteiger partial charge >= 0.3 is 0 Å². The molecule has 0 saturated heterocycles. The lowest BCUT2D eigenvalue weighted by molar-refractivity contribution is 0.0951. The molecule has 18 heavy (non-hydrogen) atoms. The summed E-state index contributed by atoms with van der Waals surface area (Å²) in [7, 11) is -3.70. The summed E-state index contributed by atoms with van der Waals surface area (Å²) in [6.45, 7) is 2.83. The van der Waals surface area contributed by atoms with Crippen molar-refractivity contribution in [3.8, 4) is 0 Å². The zero-order valence-electron chi connectivity index (χ0n) is 10.1. The minimum Gasteiger partial charge on any atom is -0.352 e. The first-order valence-corrected chi connectivity index (χ1v) is 7.33. The molecular formula is C12H16N2O3S. The van der Waals surface area contributed by atoms with Crippen LogP contribution in [0.4, 0.5) is 0 Å². The fourth-order valence-electron chi connectivity index (χ4n) is 1.81. The molecule has 1 saturated carbocycles. The van der Waals surface area contributed by atoms with E-state index in [-0.39, 0.29) is 10.8 Å². The van der Waals surface area contributed by atoms with E-state index in [0.717, 1.165) is 6.42 Å². The number of carbonyl (C=O) groups is 1. The van der Waals surface area contributed by atoms with Gasteiger partial charge in [0.15, 0.2) is 0 Å². The van der Waals surface area contributed by atoms with Crippen LogP contribution in [0.15, 0.2) is 29.2 Å². The molecule has 1 aromatic rings. The van der Waals surface area contributed by atoms with Crippen molar-refractivity contribution < 1.29 is 13.2 Å². The van der Waals surface area contributed by atoms with Gasteiger partial charge in [-0.25, -0.2) is 13.6 Å². The van der Waals surface area contributed by atoms with E-state index in [4.69, 9.17) is 5.14 Å². The van der Waals surface area contributed by atoms with Crippen LogP contribution >= 0.6 is 0 Å². The summed E-state index contributed by atoms with van der Waals surface area (Å²) >= 11 is 0. The van der Waals surface area contributed by atoms with Crippen LogP contribution in [0, 0.1) is 11.8 Å². The molecule has 6 heteroatoms. The van der Waals surface area contributed by atoms with E-state index in [2.05, 4.69) is 12.2 Å². The van der Waals surface area contributed by atoms with Crippen molar-refractivity contribution >= 4 is 15.9 Å². The van der Waals surface area contributed by atoms with Crippen LogP contribution in [0.5, 0.6) is 0 Å². The Kier molecular flexibility index (Phi) is 3.41. The van der Waals surface area contributed by atoms with Gasteiger partial charge in [0.2, 0.25) is 10.0 Å². The average molecular weight is 268 g/mol. The molecule has 98 valence electrons. The van der Waals surface area contributed by atoms with Crippen LogP contribution in [-0.2, 0) is 10.0 Å². The van der Waals surface area contributed by atoms with Gasteiger partial charge in [0, 0.05) is 12.1 Å². The standard InChI is InChI=1S/C12H16N2O3S/c1-8-6-10(8)7-14-12(15)9-2-4-11(5-3-9)18(13,16)17/h2-5,8,10H,6-7H2,1H3,(H,14,15)(H2,13,16,17). The largest absolute Gasteiger partial charge is 0.352 e. The van der Waals surface area contributed by atoms with Crippen molar-refractivity contribution in [1.29, 1.82) is 0 Å². The maximum atomic E-state index is 11.8. The summed E-state index contributed by atoms with van der Waals surface area (Å²) in [6.07, 6.45) is 1.16. The molecule has 0 spiro atoms. The first-order valence-electron chi connectivity index (χ1n) is 5.79. The summed E-state index contributed by atoms with van der Waals surface area (Å²) < 4.78 is 22.1. The zero-order valence-corrected chi connectivity index (χ0v) is 10.9. The van der Waals surface area contributed by atoms with E-state index in [1.807, 2.05) is 0 Å². The van der Waals surface area contributed by atoms with Gasteiger partial charge < -0.3 is 5.32 Å². The van der Waals surface area contributed by atoms with Crippen LogP contribution in [0.25, 0.3) is 0 Å². The zero-order chi connectivity index (χ0) is 13.3. The average Bonchev–Trinajstić information content (AvgIpc) is 3.01. The van der Waals surface area contributed by atoms with E-state index in [1.165, 1.54) is 24.3 Å². The highest BCUT2D eigenvalue weighted by Crippen LogP contribution is 2.36. The molecule has 1 aliphatic rings. The van der Waals surface area contributed by atoms with E-state index < -0.39 is 10.0 Å². The van der Waals surface area contributed by atoms with Crippen LogP contribution < -0.4 is 10.5 Å². The Morgan fingerprint density at radius 1 is 1.39 bits per heavy atom. The van der Waals surface area contributed by atoms with Crippen LogP contribution in [-0.4, -0.2) is 20.9 Å². The number of sulfonamides is 1. The van der Waals surface area contributed by atoms with Crippen molar-refractivity contribution in [2.45, 2.75) is 18.2 Å². The van der Waals surface area contributed by atoms with Gasteiger partial charge in [-0.15, -0.1) is 0 Å². The van der Waals surface area contributed by atoms with E-state index >= 15 is 0 Å². The predicted molar refractivity (Wildman–Crippen MR) is 67.4 cm³/mol.